The molecule has 3 heteroatoms. The van der Waals surface area contributed by atoms with Crippen molar-refractivity contribution in [3.63, 3.8) is 0 Å². The van der Waals surface area contributed by atoms with Gasteiger partial charge < -0.3 is 4.74 Å². The lowest BCUT2D eigenvalue weighted by molar-refractivity contribution is -0.0324. The first-order valence-electron chi connectivity index (χ1n) is 6.62. The second kappa shape index (κ2) is 6.38. The highest BCUT2D eigenvalue weighted by molar-refractivity contribution is 9.09. The van der Waals surface area contributed by atoms with Gasteiger partial charge in [-0.15, -0.1) is 0 Å². The molecular weight excluding hydrogens is 344 g/mol. The predicted octanol–water partition coefficient (Wildman–Crippen LogP) is 5.16. The summed E-state index contributed by atoms with van der Waals surface area (Å²) in [7, 11) is 0. The molecule has 0 radical (unpaired) electrons. The van der Waals surface area contributed by atoms with Crippen LogP contribution in [0.4, 0.5) is 0 Å². The van der Waals surface area contributed by atoms with Crippen LogP contribution in [0.25, 0.3) is 0 Å². The number of hydrogen-bond acceptors (Lipinski definition) is 1. The molecule has 17 heavy (non-hydrogen) atoms. The zero-order chi connectivity index (χ0) is 13.1. The van der Waals surface area contributed by atoms with Crippen LogP contribution in [-0.2, 0) is 4.74 Å². The highest BCUT2D eigenvalue weighted by Gasteiger charge is 2.38. The van der Waals surface area contributed by atoms with Crippen molar-refractivity contribution in [3.8, 4) is 0 Å². The van der Waals surface area contributed by atoms with Crippen LogP contribution in [0.15, 0.2) is 0 Å². The second-order valence-electron chi connectivity index (χ2n) is 6.61. The van der Waals surface area contributed by atoms with Gasteiger partial charge in [-0.25, -0.2) is 0 Å². The van der Waals surface area contributed by atoms with Crippen molar-refractivity contribution in [2.24, 2.45) is 11.3 Å². The summed E-state index contributed by atoms with van der Waals surface area (Å²) in [6.07, 6.45) is 5.28. The summed E-state index contributed by atoms with van der Waals surface area (Å²) in [6, 6.07) is 0. The van der Waals surface area contributed by atoms with Crippen molar-refractivity contribution >= 4 is 31.9 Å². The van der Waals surface area contributed by atoms with Gasteiger partial charge in [-0.2, -0.15) is 0 Å². The van der Waals surface area contributed by atoms with Crippen molar-refractivity contribution in [1.82, 2.24) is 0 Å². The van der Waals surface area contributed by atoms with Gasteiger partial charge in [0, 0.05) is 10.7 Å². The smallest absolute Gasteiger partial charge is 0.0631 e. The van der Waals surface area contributed by atoms with Crippen LogP contribution in [0.3, 0.4) is 0 Å². The van der Waals surface area contributed by atoms with Gasteiger partial charge in [0.1, 0.15) is 0 Å². The topological polar surface area (TPSA) is 9.23 Å². The summed E-state index contributed by atoms with van der Waals surface area (Å²) in [5.74, 6) is 0.736. The Kier molecular flexibility index (Phi) is 6.00. The van der Waals surface area contributed by atoms with Crippen LogP contribution < -0.4 is 0 Å². The van der Waals surface area contributed by atoms with Crippen molar-refractivity contribution < 1.29 is 4.74 Å². The highest BCUT2D eigenvalue weighted by atomic mass is 79.9. The minimum Gasteiger partial charge on any atom is -0.372 e. The molecule has 1 aliphatic rings. The molecule has 0 N–H and O–H groups in total. The number of alkyl halides is 2. The van der Waals surface area contributed by atoms with Crippen molar-refractivity contribution in [3.05, 3.63) is 0 Å². The molecule has 0 saturated carbocycles. The quantitative estimate of drug-likeness (QED) is 0.587. The monoisotopic (exact) mass is 368 g/mol. The molecule has 0 aromatic carbocycles. The maximum absolute atomic E-state index is 6.15. The molecule has 1 rings (SSSR count). The van der Waals surface area contributed by atoms with Crippen LogP contribution in [0.2, 0.25) is 0 Å². The Hall–Kier alpha value is 0.920. The molecule has 0 aliphatic carbocycles. The first kappa shape index (κ1) is 16.0. The van der Waals surface area contributed by atoms with Gasteiger partial charge in [0.05, 0.1) is 11.7 Å². The van der Waals surface area contributed by atoms with Gasteiger partial charge in [0.2, 0.25) is 0 Å². The maximum atomic E-state index is 6.15. The van der Waals surface area contributed by atoms with E-state index >= 15 is 0 Å². The minimum atomic E-state index is 0.0901. The molecule has 1 nitrogen and oxygen atoms in total. The van der Waals surface area contributed by atoms with E-state index in [4.69, 9.17) is 4.74 Å². The maximum Gasteiger partial charge on any atom is 0.0631 e. The molecule has 0 spiro atoms. The van der Waals surface area contributed by atoms with E-state index in [0.29, 0.717) is 11.5 Å². The molecule has 1 unspecified atom stereocenters. The van der Waals surface area contributed by atoms with Crippen LogP contribution >= 0.6 is 31.9 Å². The standard InChI is InChI=1S/C14H26Br2O/c1-11(2)7-14(9-15,10-16)8-12-5-6-13(3,4)17-12/h11-12H,5-10H2,1-4H3. The molecule has 1 saturated heterocycles. The molecule has 1 atom stereocenters. The number of ether oxygens (including phenoxy) is 1. The molecule has 1 aliphatic heterocycles. The van der Waals surface area contributed by atoms with Gasteiger partial charge in [-0.3, -0.25) is 0 Å². The summed E-state index contributed by atoms with van der Waals surface area (Å²) in [6.45, 7) is 9.03. The normalized spacial score (nSPS) is 24.5. The van der Waals surface area contributed by atoms with E-state index < -0.39 is 0 Å². The lowest BCUT2D eigenvalue weighted by Gasteiger charge is -2.34. The Labute approximate surface area is 123 Å². The Morgan fingerprint density at radius 1 is 1.29 bits per heavy atom. The molecule has 0 aromatic heterocycles. The Morgan fingerprint density at radius 2 is 1.88 bits per heavy atom. The fraction of sp³-hybridized carbons (Fsp3) is 1.00. The van der Waals surface area contributed by atoms with Crippen LogP contribution in [-0.4, -0.2) is 22.4 Å². The first-order chi connectivity index (χ1) is 7.82. The van der Waals surface area contributed by atoms with Crippen molar-refractivity contribution in [2.75, 3.05) is 10.7 Å². The van der Waals surface area contributed by atoms with Gasteiger partial charge in [0.25, 0.3) is 0 Å². The number of halogens is 2. The summed E-state index contributed by atoms with van der Waals surface area (Å²) >= 11 is 7.42. The molecule has 0 amide bonds. The highest BCUT2D eigenvalue weighted by Crippen LogP contribution is 2.41. The van der Waals surface area contributed by atoms with E-state index in [9.17, 15) is 0 Å². The van der Waals surface area contributed by atoms with Gasteiger partial charge in [-0.05, 0) is 50.9 Å². The van der Waals surface area contributed by atoms with Crippen LogP contribution in [0, 0.1) is 11.3 Å². The number of rotatable bonds is 6. The second-order valence-corrected chi connectivity index (χ2v) is 7.73. The molecular formula is C14H26Br2O. The third kappa shape index (κ3) is 4.83. The third-order valence-electron chi connectivity index (χ3n) is 3.62. The lowest BCUT2D eigenvalue weighted by Crippen LogP contribution is -2.32. The zero-order valence-corrected chi connectivity index (χ0v) is 14.7. The lowest BCUT2D eigenvalue weighted by atomic mass is 9.79. The average Bonchev–Trinajstić information content (AvgIpc) is 2.56. The van der Waals surface area contributed by atoms with Crippen LogP contribution in [0.1, 0.15) is 53.4 Å². The largest absolute Gasteiger partial charge is 0.372 e. The molecule has 0 aromatic rings. The van der Waals surface area contributed by atoms with E-state index in [0.717, 1.165) is 16.6 Å². The predicted molar refractivity (Wildman–Crippen MR) is 82.3 cm³/mol. The van der Waals surface area contributed by atoms with E-state index in [1.807, 2.05) is 0 Å². The van der Waals surface area contributed by atoms with E-state index in [1.165, 1.54) is 25.7 Å². The fourth-order valence-corrected chi connectivity index (χ4v) is 4.75. The fourth-order valence-electron chi connectivity index (χ4n) is 2.91. The van der Waals surface area contributed by atoms with Gasteiger partial charge in [0.15, 0.2) is 0 Å². The van der Waals surface area contributed by atoms with Crippen molar-refractivity contribution in [2.45, 2.75) is 65.1 Å². The van der Waals surface area contributed by atoms with Crippen molar-refractivity contribution in [1.29, 1.82) is 0 Å². The van der Waals surface area contributed by atoms with Crippen LogP contribution in [0.5, 0.6) is 0 Å². The van der Waals surface area contributed by atoms with E-state index in [2.05, 4.69) is 59.6 Å². The Balaban J connectivity index is 2.61. The summed E-state index contributed by atoms with van der Waals surface area (Å²) in [4.78, 5) is 0. The van der Waals surface area contributed by atoms with Gasteiger partial charge >= 0.3 is 0 Å². The number of hydrogen-bond donors (Lipinski definition) is 0. The first-order valence-corrected chi connectivity index (χ1v) is 8.86. The zero-order valence-electron chi connectivity index (χ0n) is 11.6. The van der Waals surface area contributed by atoms with E-state index in [1.54, 1.807) is 0 Å². The van der Waals surface area contributed by atoms with Gasteiger partial charge in [-0.1, -0.05) is 45.7 Å². The SMILES string of the molecule is CC(C)CC(CBr)(CBr)CC1CCC(C)(C)O1. The summed E-state index contributed by atoms with van der Waals surface area (Å²) in [5, 5.41) is 2.12. The minimum absolute atomic E-state index is 0.0901. The summed E-state index contributed by atoms with van der Waals surface area (Å²) in [5.41, 5.74) is 0.437. The third-order valence-corrected chi connectivity index (χ3v) is 6.00. The molecule has 1 heterocycles. The molecule has 0 bridgehead atoms. The average molecular weight is 370 g/mol. The molecule has 1 fully saturated rings. The Bertz CT molecular complexity index is 234. The Morgan fingerprint density at radius 3 is 2.24 bits per heavy atom. The summed E-state index contributed by atoms with van der Waals surface area (Å²) < 4.78 is 6.15. The molecule has 102 valence electrons. The van der Waals surface area contributed by atoms with E-state index in [-0.39, 0.29) is 5.60 Å².